The first-order chi connectivity index (χ1) is 11.8. The lowest BCUT2D eigenvalue weighted by Crippen LogP contribution is -2.28. The van der Waals surface area contributed by atoms with Gasteiger partial charge in [0.05, 0.1) is 11.3 Å². The second-order valence-electron chi connectivity index (χ2n) is 5.86. The third kappa shape index (κ3) is 4.12. The number of nitrogens with one attached hydrogen (secondary N) is 1. The van der Waals surface area contributed by atoms with Crippen LogP contribution in [-0.2, 0) is 4.79 Å². The van der Waals surface area contributed by atoms with E-state index in [9.17, 15) is 14.4 Å². The molecular formula is C20H22N2O3. The molecule has 25 heavy (non-hydrogen) atoms. The standard InChI is InChI=1S/C20H22N2O3/c1-5-19(24)22(4)18-9-7-6-8-17(18)20(25)21-15-10-11-16(14(3)23)13(2)12-15/h6-12H,5H2,1-4H3,(H,21,25). The molecule has 0 aliphatic heterocycles. The van der Waals surface area contributed by atoms with Crippen LogP contribution >= 0.6 is 0 Å². The normalized spacial score (nSPS) is 10.2. The zero-order valence-electron chi connectivity index (χ0n) is 14.9. The Balaban J connectivity index is 2.29. The van der Waals surface area contributed by atoms with Crippen molar-refractivity contribution in [3.8, 4) is 0 Å². The average Bonchev–Trinajstić information content (AvgIpc) is 2.60. The number of carbonyl (C=O) groups excluding carboxylic acids is 3. The highest BCUT2D eigenvalue weighted by Crippen LogP contribution is 2.22. The van der Waals surface area contributed by atoms with Crippen molar-refractivity contribution in [2.45, 2.75) is 27.2 Å². The predicted octanol–water partition coefficient (Wildman–Crippen LogP) is 3.82. The van der Waals surface area contributed by atoms with Crippen LogP contribution in [0, 0.1) is 6.92 Å². The maximum atomic E-state index is 12.7. The van der Waals surface area contributed by atoms with Crippen LogP contribution in [0.15, 0.2) is 42.5 Å². The van der Waals surface area contributed by atoms with Crippen LogP contribution in [0.5, 0.6) is 0 Å². The number of para-hydroxylation sites is 1. The average molecular weight is 338 g/mol. The smallest absolute Gasteiger partial charge is 0.257 e. The summed E-state index contributed by atoms with van der Waals surface area (Å²) >= 11 is 0. The molecule has 1 N–H and O–H groups in total. The van der Waals surface area contributed by atoms with E-state index in [1.54, 1.807) is 56.4 Å². The summed E-state index contributed by atoms with van der Waals surface area (Å²) in [4.78, 5) is 37.6. The third-order valence-electron chi connectivity index (χ3n) is 4.05. The first-order valence-electron chi connectivity index (χ1n) is 8.13. The Bertz CT molecular complexity index is 827. The monoisotopic (exact) mass is 338 g/mol. The molecule has 2 aromatic carbocycles. The first-order valence-corrected chi connectivity index (χ1v) is 8.13. The molecule has 0 unspecified atom stereocenters. The van der Waals surface area contributed by atoms with Crippen LogP contribution in [0.2, 0.25) is 0 Å². The topological polar surface area (TPSA) is 66.5 Å². The minimum absolute atomic E-state index is 0.0135. The fourth-order valence-corrected chi connectivity index (χ4v) is 2.66. The van der Waals surface area contributed by atoms with Gasteiger partial charge in [-0.05, 0) is 49.7 Å². The van der Waals surface area contributed by atoms with Crippen LogP contribution in [0.4, 0.5) is 11.4 Å². The molecule has 0 aliphatic rings. The second-order valence-corrected chi connectivity index (χ2v) is 5.86. The summed E-state index contributed by atoms with van der Waals surface area (Å²) in [6.07, 6.45) is 0.359. The maximum absolute atomic E-state index is 12.7. The number of aryl methyl sites for hydroxylation is 1. The summed E-state index contributed by atoms with van der Waals surface area (Å²) in [5.74, 6) is -0.386. The number of hydrogen-bond acceptors (Lipinski definition) is 3. The SMILES string of the molecule is CCC(=O)N(C)c1ccccc1C(=O)Nc1ccc(C(C)=O)c(C)c1. The number of nitrogens with zero attached hydrogens (tertiary/aromatic N) is 1. The van der Waals surface area contributed by atoms with Crippen LogP contribution in [0.1, 0.15) is 46.5 Å². The second kappa shape index (κ2) is 7.75. The highest BCUT2D eigenvalue weighted by molar-refractivity contribution is 6.10. The summed E-state index contributed by atoms with van der Waals surface area (Å²) < 4.78 is 0. The van der Waals surface area contributed by atoms with Gasteiger partial charge in [0, 0.05) is 24.7 Å². The number of ketones is 1. The van der Waals surface area contributed by atoms with Crippen molar-refractivity contribution in [3.63, 3.8) is 0 Å². The molecule has 2 rings (SSSR count). The Kier molecular flexibility index (Phi) is 5.70. The number of anilines is 2. The summed E-state index contributed by atoms with van der Waals surface area (Å²) in [7, 11) is 1.66. The Hall–Kier alpha value is -2.95. The summed E-state index contributed by atoms with van der Waals surface area (Å²) in [6.45, 7) is 5.12. The predicted molar refractivity (Wildman–Crippen MR) is 99.3 cm³/mol. The van der Waals surface area contributed by atoms with E-state index in [2.05, 4.69) is 5.32 Å². The van der Waals surface area contributed by atoms with Crippen molar-refractivity contribution in [1.82, 2.24) is 0 Å². The number of Topliss-reactive ketones (excluding diaryl/α,β-unsaturated/α-hetero) is 1. The van der Waals surface area contributed by atoms with Crippen molar-refractivity contribution < 1.29 is 14.4 Å². The zero-order chi connectivity index (χ0) is 18.6. The Morgan fingerprint density at radius 1 is 1.04 bits per heavy atom. The lowest BCUT2D eigenvalue weighted by atomic mass is 10.0. The van der Waals surface area contributed by atoms with Gasteiger partial charge in [0.2, 0.25) is 5.91 Å². The largest absolute Gasteiger partial charge is 0.322 e. The Labute approximate surface area is 147 Å². The molecule has 5 nitrogen and oxygen atoms in total. The zero-order valence-corrected chi connectivity index (χ0v) is 14.9. The van der Waals surface area contributed by atoms with Gasteiger partial charge in [-0.15, -0.1) is 0 Å². The lowest BCUT2D eigenvalue weighted by Gasteiger charge is -2.20. The molecule has 130 valence electrons. The van der Waals surface area contributed by atoms with E-state index in [1.165, 1.54) is 11.8 Å². The van der Waals surface area contributed by atoms with E-state index in [1.807, 2.05) is 6.92 Å². The van der Waals surface area contributed by atoms with Gasteiger partial charge < -0.3 is 10.2 Å². The molecule has 0 aromatic heterocycles. The molecular weight excluding hydrogens is 316 g/mol. The van der Waals surface area contributed by atoms with E-state index >= 15 is 0 Å². The number of carbonyl (C=O) groups is 3. The van der Waals surface area contributed by atoms with Crippen molar-refractivity contribution in [1.29, 1.82) is 0 Å². The number of benzene rings is 2. The summed E-state index contributed by atoms with van der Waals surface area (Å²) in [6, 6.07) is 12.1. The molecule has 0 radical (unpaired) electrons. The van der Waals surface area contributed by atoms with Gasteiger partial charge in [-0.3, -0.25) is 14.4 Å². The molecule has 0 fully saturated rings. The van der Waals surface area contributed by atoms with Gasteiger partial charge in [-0.1, -0.05) is 19.1 Å². The Morgan fingerprint density at radius 3 is 2.32 bits per heavy atom. The highest BCUT2D eigenvalue weighted by Gasteiger charge is 2.17. The van der Waals surface area contributed by atoms with E-state index in [0.29, 0.717) is 28.9 Å². The van der Waals surface area contributed by atoms with Crippen molar-refractivity contribution in [3.05, 3.63) is 59.2 Å². The molecule has 0 heterocycles. The first kappa shape index (κ1) is 18.4. The fraction of sp³-hybridized carbons (Fsp3) is 0.250. The molecule has 0 bridgehead atoms. The Morgan fingerprint density at radius 2 is 1.72 bits per heavy atom. The third-order valence-corrected chi connectivity index (χ3v) is 4.05. The summed E-state index contributed by atoms with van der Waals surface area (Å²) in [5.41, 5.74) is 3.01. The van der Waals surface area contributed by atoms with Crippen LogP contribution in [0.25, 0.3) is 0 Å². The molecule has 0 aliphatic carbocycles. The molecule has 0 atom stereocenters. The number of rotatable bonds is 5. The summed E-state index contributed by atoms with van der Waals surface area (Å²) in [5, 5.41) is 2.83. The molecule has 5 heteroatoms. The van der Waals surface area contributed by atoms with Crippen molar-refractivity contribution in [2.75, 3.05) is 17.3 Å². The van der Waals surface area contributed by atoms with Crippen LogP contribution < -0.4 is 10.2 Å². The van der Waals surface area contributed by atoms with E-state index in [-0.39, 0.29) is 17.6 Å². The van der Waals surface area contributed by atoms with Crippen LogP contribution in [-0.4, -0.2) is 24.6 Å². The molecule has 0 saturated heterocycles. The van der Waals surface area contributed by atoms with Gasteiger partial charge in [-0.2, -0.15) is 0 Å². The maximum Gasteiger partial charge on any atom is 0.257 e. The van der Waals surface area contributed by atoms with Gasteiger partial charge in [0.25, 0.3) is 5.91 Å². The quantitative estimate of drug-likeness (QED) is 0.843. The highest BCUT2D eigenvalue weighted by atomic mass is 16.2. The lowest BCUT2D eigenvalue weighted by molar-refractivity contribution is -0.118. The molecule has 2 amide bonds. The van der Waals surface area contributed by atoms with Crippen molar-refractivity contribution in [2.24, 2.45) is 0 Å². The molecule has 2 aromatic rings. The number of hydrogen-bond donors (Lipinski definition) is 1. The van der Waals surface area contributed by atoms with Gasteiger partial charge in [-0.25, -0.2) is 0 Å². The van der Waals surface area contributed by atoms with Crippen LogP contribution in [0.3, 0.4) is 0 Å². The van der Waals surface area contributed by atoms with E-state index in [0.717, 1.165) is 5.56 Å². The van der Waals surface area contributed by atoms with Gasteiger partial charge >= 0.3 is 0 Å². The minimum Gasteiger partial charge on any atom is -0.322 e. The fourth-order valence-electron chi connectivity index (χ4n) is 2.66. The number of amides is 2. The van der Waals surface area contributed by atoms with Gasteiger partial charge in [0.1, 0.15) is 0 Å². The van der Waals surface area contributed by atoms with E-state index < -0.39 is 0 Å². The molecule has 0 saturated carbocycles. The van der Waals surface area contributed by atoms with Crippen molar-refractivity contribution >= 4 is 29.0 Å². The minimum atomic E-state index is -0.304. The van der Waals surface area contributed by atoms with E-state index in [4.69, 9.17) is 0 Å². The van der Waals surface area contributed by atoms with Gasteiger partial charge in [0.15, 0.2) is 5.78 Å². The molecule has 0 spiro atoms.